The molecule has 0 bridgehead atoms. The van der Waals surface area contributed by atoms with Crippen LogP contribution in [-0.2, 0) is 9.59 Å². The molecule has 35 heavy (non-hydrogen) atoms. The Bertz CT molecular complexity index is 1380. The minimum atomic E-state index is -0.910. The summed E-state index contributed by atoms with van der Waals surface area (Å²) in [5.74, 6) is -0.817. The maximum Gasteiger partial charge on any atom is 0.300 e. The molecule has 1 atom stereocenters. The second kappa shape index (κ2) is 9.47. The number of anilines is 1. The summed E-state index contributed by atoms with van der Waals surface area (Å²) < 4.78 is 10.8. The zero-order valence-corrected chi connectivity index (χ0v) is 20.9. The maximum absolute atomic E-state index is 13.5. The van der Waals surface area contributed by atoms with E-state index >= 15 is 0 Å². The van der Waals surface area contributed by atoms with Crippen LogP contribution < -0.4 is 14.4 Å². The first-order chi connectivity index (χ1) is 16.7. The van der Waals surface area contributed by atoms with E-state index in [1.165, 1.54) is 19.1 Å². The zero-order chi connectivity index (χ0) is 25.4. The SMILES string of the molecule is COc1ccc(C2/C(=C(\O)c3cc(C)ccc3C)C(=O)C(=O)N2c2cccc(Cl)c2C)cc1OC. The number of rotatable bonds is 5. The topological polar surface area (TPSA) is 76.1 Å². The first-order valence-corrected chi connectivity index (χ1v) is 11.4. The van der Waals surface area contributed by atoms with Crippen LogP contribution in [0.3, 0.4) is 0 Å². The van der Waals surface area contributed by atoms with Crippen molar-refractivity contribution < 1.29 is 24.2 Å². The third-order valence-electron chi connectivity index (χ3n) is 6.31. The van der Waals surface area contributed by atoms with Gasteiger partial charge in [0.2, 0.25) is 0 Å². The second-order valence-corrected chi connectivity index (χ2v) is 8.89. The van der Waals surface area contributed by atoms with Gasteiger partial charge in [-0.05, 0) is 67.8 Å². The van der Waals surface area contributed by atoms with Crippen molar-refractivity contribution in [3.05, 3.63) is 93.0 Å². The van der Waals surface area contributed by atoms with Gasteiger partial charge >= 0.3 is 0 Å². The highest BCUT2D eigenvalue weighted by atomic mass is 35.5. The van der Waals surface area contributed by atoms with E-state index in [1.807, 2.05) is 26.0 Å². The third-order valence-corrected chi connectivity index (χ3v) is 6.72. The van der Waals surface area contributed by atoms with Gasteiger partial charge in [-0.15, -0.1) is 0 Å². The number of amides is 1. The van der Waals surface area contributed by atoms with Crippen LogP contribution >= 0.6 is 11.6 Å². The molecule has 0 radical (unpaired) electrons. The highest BCUT2D eigenvalue weighted by molar-refractivity contribution is 6.52. The molecule has 0 aliphatic carbocycles. The van der Waals surface area contributed by atoms with E-state index < -0.39 is 17.7 Å². The van der Waals surface area contributed by atoms with Crippen molar-refractivity contribution in [3.8, 4) is 11.5 Å². The molecule has 0 saturated carbocycles. The number of nitrogens with zero attached hydrogens (tertiary/aromatic N) is 1. The lowest BCUT2D eigenvalue weighted by Crippen LogP contribution is -2.30. The number of methoxy groups -OCH3 is 2. The van der Waals surface area contributed by atoms with Crippen molar-refractivity contribution in [3.63, 3.8) is 0 Å². The molecule has 6 nitrogen and oxygen atoms in total. The standard InChI is InChI=1S/C28H26ClNO5/c1-15-9-10-16(2)19(13-15)26(31)24-25(18-11-12-22(34-4)23(14-18)35-5)30(28(33)27(24)32)21-8-6-7-20(29)17(21)3/h6-14,25,31H,1-5H3/b26-24+. The van der Waals surface area contributed by atoms with Crippen LogP contribution in [0.5, 0.6) is 11.5 Å². The monoisotopic (exact) mass is 491 g/mol. The van der Waals surface area contributed by atoms with Crippen molar-refractivity contribution >= 4 is 34.7 Å². The molecule has 0 aromatic heterocycles. The van der Waals surface area contributed by atoms with Gasteiger partial charge in [-0.25, -0.2) is 0 Å². The van der Waals surface area contributed by atoms with E-state index in [1.54, 1.807) is 49.4 Å². The number of ketones is 1. The van der Waals surface area contributed by atoms with Gasteiger partial charge < -0.3 is 14.6 Å². The minimum absolute atomic E-state index is 0.00436. The number of carbonyl (C=O) groups is 2. The van der Waals surface area contributed by atoms with Gasteiger partial charge in [0, 0.05) is 16.3 Å². The summed E-state index contributed by atoms with van der Waals surface area (Å²) in [5.41, 5.74) is 3.90. The van der Waals surface area contributed by atoms with Crippen molar-refractivity contribution in [2.75, 3.05) is 19.1 Å². The van der Waals surface area contributed by atoms with Gasteiger partial charge in [0.15, 0.2) is 11.5 Å². The van der Waals surface area contributed by atoms with Gasteiger partial charge in [0.1, 0.15) is 5.76 Å². The molecule has 4 rings (SSSR count). The van der Waals surface area contributed by atoms with E-state index in [4.69, 9.17) is 21.1 Å². The zero-order valence-electron chi connectivity index (χ0n) is 20.2. The van der Waals surface area contributed by atoms with Crippen LogP contribution in [0.15, 0.2) is 60.2 Å². The number of aryl methyl sites for hydroxylation is 2. The summed E-state index contributed by atoms with van der Waals surface area (Å²) in [4.78, 5) is 28.3. The number of aliphatic hydroxyl groups excluding tert-OH is 1. The quantitative estimate of drug-likeness (QED) is 0.273. The molecule has 1 aliphatic heterocycles. The van der Waals surface area contributed by atoms with Crippen molar-refractivity contribution in [1.29, 1.82) is 0 Å². The Labute approximate surface area is 209 Å². The van der Waals surface area contributed by atoms with Crippen LogP contribution in [0.4, 0.5) is 5.69 Å². The predicted molar refractivity (Wildman–Crippen MR) is 136 cm³/mol. The predicted octanol–water partition coefficient (Wildman–Crippen LogP) is 5.91. The van der Waals surface area contributed by atoms with Crippen molar-refractivity contribution in [2.45, 2.75) is 26.8 Å². The average Bonchev–Trinajstić information content (AvgIpc) is 3.11. The lowest BCUT2D eigenvalue weighted by Gasteiger charge is -2.27. The molecular weight excluding hydrogens is 466 g/mol. The molecular formula is C28H26ClNO5. The van der Waals surface area contributed by atoms with Crippen LogP contribution in [-0.4, -0.2) is 31.0 Å². The summed E-state index contributed by atoms with van der Waals surface area (Å²) in [6.07, 6.45) is 0. The molecule has 180 valence electrons. The third kappa shape index (κ3) is 4.15. The number of benzene rings is 3. The minimum Gasteiger partial charge on any atom is -0.507 e. The Kier molecular flexibility index (Phi) is 6.59. The molecule has 1 unspecified atom stereocenters. The van der Waals surface area contributed by atoms with E-state index in [2.05, 4.69) is 0 Å². The van der Waals surface area contributed by atoms with Gasteiger partial charge in [-0.3, -0.25) is 14.5 Å². The molecule has 3 aromatic carbocycles. The Morgan fingerprint density at radius 2 is 1.66 bits per heavy atom. The molecule has 3 aromatic rings. The van der Waals surface area contributed by atoms with Crippen LogP contribution in [0.2, 0.25) is 5.02 Å². The maximum atomic E-state index is 13.5. The molecule has 1 amide bonds. The summed E-state index contributed by atoms with van der Waals surface area (Å²) in [6, 6.07) is 15.0. The molecule has 1 aliphatic rings. The summed E-state index contributed by atoms with van der Waals surface area (Å²) in [5, 5.41) is 11.9. The van der Waals surface area contributed by atoms with Gasteiger partial charge in [0.25, 0.3) is 11.7 Å². The lowest BCUT2D eigenvalue weighted by molar-refractivity contribution is -0.132. The molecule has 1 saturated heterocycles. The Hall–Kier alpha value is -3.77. The van der Waals surface area contributed by atoms with Gasteiger partial charge in [-0.2, -0.15) is 0 Å². The Morgan fingerprint density at radius 1 is 0.943 bits per heavy atom. The number of Topliss-reactive ketones (excluding diaryl/α,β-unsaturated/α-hetero) is 1. The van der Waals surface area contributed by atoms with Crippen molar-refractivity contribution in [2.24, 2.45) is 0 Å². The molecule has 1 fully saturated rings. The number of hydrogen-bond donors (Lipinski definition) is 1. The highest BCUT2D eigenvalue weighted by Crippen LogP contribution is 2.45. The Morgan fingerprint density at radius 3 is 2.34 bits per heavy atom. The smallest absolute Gasteiger partial charge is 0.300 e. The van der Waals surface area contributed by atoms with Gasteiger partial charge in [-0.1, -0.05) is 41.4 Å². The first-order valence-electron chi connectivity index (χ1n) is 11.0. The fourth-order valence-electron chi connectivity index (χ4n) is 4.41. The molecule has 0 spiro atoms. The van der Waals surface area contributed by atoms with Crippen molar-refractivity contribution in [1.82, 2.24) is 0 Å². The first kappa shape index (κ1) is 24.4. The summed E-state index contributed by atoms with van der Waals surface area (Å²) >= 11 is 6.37. The number of ether oxygens (including phenoxy) is 2. The number of hydrogen-bond acceptors (Lipinski definition) is 5. The average molecular weight is 492 g/mol. The molecule has 1 heterocycles. The number of carbonyl (C=O) groups excluding carboxylic acids is 2. The number of aliphatic hydroxyl groups is 1. The normalized spacial score (nSPS) is 17.1. The number of halogens is 1. The van der Waals surface area contributed by atoms with E-state index in [-0.39, 0.29) is 11.3 Å². The van der Waals surface area contributed by atoms with Gasteiger partial charge in [0.05, 0.1) is 25.8 Å². The molecule has 1 N–H and O–H groups in total. The van der Waals surface area contributed by atoms with E-state index in [9.17, 15) is 14.7 Å². The highest BCUT2D eigenvalue weighted by Gasteiger charge is 2.47. The molecule has 7 heteroatoms. The van der Waals surface area contributed by atoms with E-state index in [0.717, 1.165) is 11.1 Å². The van der Waals surface area contributed by atoms with Crippen LogP contribution in [0, 0.1) is 20.8 Å². The fourth-order valence-corrected chi connectivity index (χ4v) is 4.58. The lowest BCUT2D eigenvalue weighted by atomic mass is 9.93. The van der Waals surface area contributed by atoms with E-state index in [0.29, 0.717) is 38.9 Å². The second-order valence-electron chi connectivity index (χ2n) is 8.49. The largest absolute Gasteiger partial charge is 0.507 e. The summed E-state index contributed by atoms with van der Waals surface area (Å²) in [7, 11) is 3.04. The van der Waals surface area contributed by atoms with Crippen LogP contribution in [0.1, 0.15) is 33.9 Å². The Balaban J connectivity index is 2.04. The summed E-state index contributed by atoms with van der Waals surface area (Å²) in [6.45, 7) is 5.53. The van der Waals surface area contributed by atoms with Crippen LogP contribution in [0.25, 0.3) is 5.76 Å². The fraction of sp³-hybridized carbons (Fsp3) is 0.214.